The molecule has 0 N–H and O–H groups in total. The van der Waals surface area contributed by atoms with Crippen LogP contribution in [-0.2, 0) is 58.0 Å². The molecule has 6 fully saturated rings. The average Bonchev–Trinajstić information content (AvgIpc) is 1.33. The van der Waals surface area contributed by atoms with Gasteiger partial charge in [0.05, 0.1) is 42.8 Å². The molecule has 3 unspecified atom stereocenters. The lowest BCUT2D eigenvalue weighted by Crippen LogP contribution is -2.56. The first-order chi connectivity index (χ1) is 61.9. The number of carbonyl (C=O) groups is 3. The third-order valence-corrected chi connectivity index (χ3v) is 27.0. The Hall–Kier alpha value is -12.5. The highest BCUT2D eigenvalue weighted by atomic mass is 16.5. The number of hydrogen-bond donors (Lipinski definition) is 0. The number of likely N-dealkylation sites (tertiary alicyclic amines) is 3. The second-order valence-electron chi connectivity index (χ2n) is 35.3. The maximum absolute atomic E-state index is 12.6. The Morgan fingerprint density at radius 3 is 0.984 bits per heavy atom. The molecule has 3 amide bonds. The predicted molar refractivity (Wildman–Crippen MR) is 499 cm³/mol. The maximum atomic E-state index is 12.6. The molecule has 3 aromatic heterocycles. The molecule has 127 heavy (non-hydrogen) atoms. The number of ether oxygens (including phenoxy) is 4. The van der Waals surface area contributed by atoms with Gasteiger partial charge in [0, 0.05) is 173 Å². The number of rotatable bonds is 22. The van der Waals surface area contributed by atoms with E-state index in [9.17, 15) is 14.4 Å². The molecule has 0 bridgehead atoms. The Bertz CT molecular complexity index is 5410. The molecule has 0 aliphatic carbocycles. The first-order valence-electron chi connectivity index (χ1n) is 44.8. The molecule has 0 radical (unpaired) electrons. The van der Waals surface area contributed by atoms with E-state index in [0.29, 0.717) is 140 Å². The van der Waals surface area contributed by atoms with Crippen LogP contribution in [0, 0.1) is 31.6 Å². The van der Waals surface area contributed by atoms with E-state index in [1.54, 1.807) is 21.8 Å². The first-order valence-corrected chi connectivity index (χ1v) is 44.8. The summed E-state index contributed by atoms with van der Waals surface area (Å²) in [4.78, 5) is 105. The highest BCUT2D eigenvalue weighted by molar-refractivity contribution is 5.97. The van der Waals surface area contributed by atoms with Crippen molar-refractivity contribution >= 4 is 84.6 Å². The number of fused-ring (bicyclic) bond motifs is 6. The Labute approximate surface area is 746 Å². The lowest BCUT2D eigenvalue weighted by molar-refractivity contribution is -0.129. The van der Waals surface area contributed by atoms with Crippen molar-refractivity contribution in [2.24, 2.45) is 11.8 Å². The van der Waals surface area contributed by atoms with E-state index in [-0.39, 0.29) is 67.6 Å². The molecule has 9 aromatic rings. The second kappa shape index (κ2) is 40.0. The fraction of sp³-hybridized carbons (Fsp3) is 0.455. The highest BCUT2D eigenvalue weighted by Crippen LogP contribution is 2.41. The zero-order chi connectivity index (χ0) is 88.4. The van der Waals surface area contributed by atoms with Gasteiger partial charge in [0.25, 0.3) is 0 Å². The Morgan fingerprint density at radius 1 is 0.386 bits per heavy atom. The van der Waals surface area contributed by atoms with Crippen molar-refractivity contribution in [2.45, 2.75) is 114 Å². The Balaban J connectivity index is 0.000000140. The minimum absolute atomic E-state index is 0.127. The number of piperazine rings is 3. The van der Waals surface area contributed by atoms with Gasteiger partial charge in [-0.25, -0.2) is 19.7 Å². The van der Waals surface area contributed by atoms with Gasteiger partial charge in [0.15, 0.2) is 0 Å². The van der Waals surface area contributed by atoms with Gasteiger partial charge in [0.1, 0.15) is 55.4 Å². The molecule has 0 spiro atoms. The van der Waals surface area contributed by atoms with Gasteiger partial charge in [-0.05, 0) is 124 Å². The zero-order valence-electron chi connectivity index (χ0n) is 74.1. The van der Waals surface area contributed by atoms with Gasteiger partial charge in [-0.3, -0.25) is 29.1 Å². The van der Waals surface area contributed by atoms with Crippen LogP contribution in [0.15, 0.2) is 165 Å². The Morgan fingerprint density at radius 2 is 0.693 bits per heavy atom. The minimum atomic E-state index is -0.236. The summed E-state index contributed by atoms with van der Waals surface area (Å²) in [7, 11) is 8.15. The fourth-order valence-corrected chi connectivity index (χ4v) is 20.4. The van der Waals surface area contributed by atoms with Crippen molar-refractivity contribution in [3.8, 4) is 18.0 Å². The van der Waals surface area contributed by atoms with Crippen LogP contribution in [0.1, 0.15) is 66.9 Å². The van der Waals surface area contributed by atoms with Crippen LogP contribution in [0.5, 0.6) is 18.0 Å². The van der Waals surface area contributed by atoms with Crippen molar-refractivity contribution in [2.75, 3.05) is 195 Å². The van der Waals surface area contributed by atoms with Crippen molar-refractivity contribution in [1.29, 1.82) is 0 Å². The average molecular weight is 1710 g/mol. The van der Waals surface area contributed by atoms with E-state index in [4.69, 9.17) is 68.6 Å². The normalized spacial score (nSPS) is 22.5. The summed E-state index contributed by atoms with van der Waals surface area (Å²) in [5.41, 5.74) is 9.91. The monoisotopic (exact) mass is 1710 g/mol. The lowest BCUT2D eigenvalue weighted by Gasteiger charge is -2.41. The Kier molecular flexibility index (Phi) is 27.7. The summed E-state index contributed by atoms with van der Waals surface area (Å²) in [5, 5.41) is 7.35. The number of methoxy groups -OCH3 is 1. The number of aromatic nitrogens is 6. The quantitative estimate of drug-likeness (QED) is 0.0455. The van der Waals surface area contributed by atoms with E-state index in [2.05, 4.69) is 241 Å². The predicted octanol–water partition coefficient (Wildman–Crippen LogP) is 11.5. The standard InChI is InChI=1S/C33H39N7O3.2C33H39N7O2/c1-5-31(41)40-16-15-39(19-25(40)18-34-2)32-28-13-14-38(30-12-8-10-23-9-6-7-11-27(23)30)21-29(28)35-33(36-32)43-22-24-17-26(42-4)20-37(24)3;2*1-5-31(41)40-16-15-39(20-26(40)18-34-3)32-28-13-14-38(30-12-8-10-24-9-6-7-11-27(24)30)21-29(28)35-33(36-32)42-22-25-17-23(2)19-37(25)4/h5-12,24-26H,1,13-22H2,3-4H3;2*5-12,23,25-26H,1,13-22H2,2,4H3/t24-,25?,26-;23-,25+,26?;23-,25-,26?/m010/s1. The number of likely N-dealkylation sites (N-methyl/N-ethyl adjacent to an activating group) is 3. The van der Waals surface area contributed by atoms with Crippen LogP contribution in [-0.4, -0.2) is 285 Å². The van der Waals surface area contributed by atoms with Crippen molar-refractivity contribution < 1.29 is 33.3 Å². The molecular weight excluding hydrogens is 1600 g/mol. The molecule has 28 nitrogen and oxygen atoms in total. The van der Waals surface area contributed by atoms with E-state index >= 15 is 0 Å². The van der Waals surface area contributed by atoms with Crippen LogP contribution < -0.4 is 43.6 Å². The van der Waals surface area contributed by atoms with Crippen LogP contribution in [0.3, 0.4) is 0 Å². The summed E-state index contributed by atoms with van der Waals surface area (Å²) >= 11 is 0. The number of benzene rings is 6. The van der Waals surface area contributed by atoms with E-state index in [0.717, 1.165) is 129 Å². The molecule has 9 atom stereocenters. The van der Waals surface area contributed by atoms with E-state index in [1.807, 2.05) is 0 Å². The van der Waals surface area contributed by atoms with Crippen LogP contribution in [0.4, 0.5) is 34.5 Å². The van der Waals surface area contributed by atoms with Gasteiger partial charge in [-0.2, -0.15) is 29.9 Å². The number of anilines is 6. The maximum Gasteiger partial charge on any atom is 0.318 e. The van der Waals surface area contributed by atoms with Crippen LogP contribution in [0.2, 0.25) is 0 Å². The summed E-state index contributed by atoms with van der Waals surface area (Å²) in [5.74, 6) is 3.51. The SMILES string of the molecule is [C-]#[N+]CC1CN(c2nc(OC[C@@H]3C[C@@H](C)CN3C)nc3c2CCN(c2cccc4ccccc24)C3)CCN1C(=O)C=C.[C-]#[N+]CC1CN(c2nc(OC[C@@H]3C[C@H](C)CN3C)nc3c2CCN(c2cccc4ccccc24)C3)CCN1C(=O)C=C.[C-]#[N+]CC1CN(c2nc(OC[C@@H]3C[C@H](OC)CN3C)nc3c2CCN(c2cccc4ccccc24)C3)CCN1C(=O)C=C. The zero-order valence-corrected chi connectivity index (χ0v) is 74.1. The van der Waals surface area contributed by atoms with Crippen molar-refractivity contribution in [3.63, 3.8) is 0 Å². The molecule has 12 heterocycles. The van der Waals surface area contributed by atoms with Gasteiger partial charge in [-0.15, -0.1) is 0 Å². The van der Waals surface area contributed by atoms with Crippen LogP contribution >= 0.6 is 0 Å². The molecule has 6 saturated heterocycles. The third kappa shape index (κ3) is 19.6. The minimum Gasteiger partial charge on any atom is -0.462 e. The summed E-state index contributed by atoms with van der Waals surface area (Å²) in [6.07, 6.45) is 9.70. The molecular formula is C99H117N21O7. The molecule has 660 valence electrons. The smallest absolute Gasteiger partial charge is 0.318 e. The molecule has 6 aromatic carbocycles. The van der Waals surface area contributed by atoms with Gasteiger partial charge in [0.2, 0.25) is 37.4 Å². The lowest BCUT2D eigenvalue weighted by atomic mass is 10.0. The molecule has 9 aliphatic heterocycles. The largest absolute Gasteiger partial charge is 0.462 e. The van der Waals surface area contributed by atoms with Gasteiger partial charge >= 0.3 is 18.0 Å². The number of carbonyl (C=O) groups excluding carboxylic acids is 3. The molecule has 0 saturated carbocycles. The summed E-state index contributed by atoms with van der Waals surface area (Å²) in [6.45, 7) is 52.9. The van der Waals surface area contributed by atoms with E-state index < -0.39 is 0 Å². The van der Waals surface area contributed by atoms with E-state index in [1.165, 1.54) is 67.6 Å². The summed E-state index contributed by atoms with van der Waals surface area (Å²) in [6, 6.07) is 46.2. The summed E-state index contributed by atoms with van der Waals surface area (Å²) < 4.78 is 24.6. The molecule has 28 heteroatoms. The van der Waals surface area contributed by atoms with Gasteiger partial charge in [-0.1, -0.05) is 143 Å². The topological polar surface area (TPSA) is 217 Å². The fourth-order valence-electron chi connectivity index (χ4n) is 20.4. The van der Waals surface area contributed by atoms with Crippen molar-refractivity contribution in [3.05, 3.63) is 233 Å². The number of nitrogens with zero attached hydrogens (tertiary/aromatic N) is 21. The molecule has 18 rings (SSSR count). The second-order valence-corrected chi connectivity index (χ2v) is 35.3. The van der Waals surface area contributed by atoms with Crippen LogP contribution in [0.25, 0.3) is 46.9 Å². The third-order valence-electron chi connectivity index (χ3n) is 27.0. The molecule has 9 aliphatic rings. The number of hydrogen-bond acceptors (Lipinski definition) is 22. The van der Waals surface area contributed by atoms with Gasteiger partial charge < -0.3 is 77.6 Å². The van der Waals surface area contributed by atoms with Crippen molar-refractivity contribution in [1.82, 2.24) is 59.3 Å². The highest BCUT2D eigenvalue weighted by Gasteiger charge is 2.41. The first kappa shape index (κ1) is 87.9. The number of amides is 3.